The minimum Gasteiger partial charge on any atom is -0.469 e. The van der Waals surface area contributed by atoms with Crippen molar-refractivity contribution in [1.82, 2.24) is 4.90 Å². The number of rotatable bonds is 5. The van der Waals surface area contributed by atoms with Gasteiger partial charge in [-0.3, -0.25) is 14.4 Å². The van der Waals surface area contributed by atoms with Crippen molar-refractivity contribution in [1.29, 1.82) is 0 Å². The van der Waals surface area contributed by atoms with Gasteiger partial charge in [-0.05, 0) is 6.92 Å². The molecule has 0 fully saturated rings. The maximum atomic E-state index is 11.2. The number of carbonyl (C=O) groups is 3. The smallest absolute Gasteiger partial charge is 0.307 e. The first-order valence-corrected chi connectivity index (χ1v) is 4.27. The summed E-state index contributed by atoms with van der Waals surface area (Å²) in [4.78, 5) is 33.9. The van der Waals surface area contributed by atoms with Gasteiger partial charge < -0.3 is 9.64 Å². The number of hydrogen-bond donors (Lipinski definition) is 0. The van der Waals surface area contributed by atoms with E-state index in [-0.39, 0.29) is 37.0 Å². The van der Waals surface area contributed by atoms with Crippen LogP contribution in [0.2, 0.25) is 0 Å². The van der Waals surface area contributed by atoms with Crippen LogP contribution in [0, 0.1) is 0 Å². The van der Waals surface area contributed by atoms with Gasteiger partial charge in [-0.2, -0.15) is 0 Å². The third-order valence-electron chi connectivity index (χ3n) is 1.70. The van der Waals surface area contributed by atoms with E-state index < -0.39 is 0 Å². The van der Waals surface area contributed by atoms with Crippen molar-refractivity contribution in [2.75, 3.05) is 20.7 Å². The van der Waals surface area contributed by atoms with Gasteiger partial charge in [0.2, 0.25) is 5.91 Å². The van der Waals surface area contributed by atoms with Crippen molar-refractivity contribution >= 4 is 17.7 Å². The molecule has 0 spiro atoms. The Morgan fingerprint density at radius 3 is 2.29 bits per heavy atom. The fourth-order valence-electron chi connectivity index (χ4n) is 0.834. The first-order chi connectivity index (χ1) is 6.47. The molecule has 0 N–H and O–H groups in total. The van der Waals surface area contributed by atoms with E-state index >= 15 is 0 Å². The second-order valence-corrected chi connectivity index (χ2v) is 3.02. The molecule has 0 saturated heterocycles. The van der Waals surface area contributed by atoms with E-state index in [4.69, 9.17) is 0 Å². The molecule has 0 aliphatic rings. The molecule has 14 heavy (non-hydrogen) atoms. The molecule has 0 saturated carbocycles. The molecule has 0 aliphatic heterocycles. The van der Waals surface area contributed by atoms with E-state index in [1.54, 1.807) is 7.05 Å². The van der Waals surface area contributed by atoms with Crippen LogP contribution in [0.25, 0.3) is 0 Å². The first-order valence-electron chi connectivity index (χ1n) is 4.27. The van der Waals surface area contributed by atoms with E-state index in [0.29, 0.717) is 0 Å². The summed E-state index contributed by atoms with van der Waals surface area (Å²) in [6.07, 6.45) is 0.0360. The summed E-state index contributed by atoms with van der Waals surface area (Å²) in [7, 11) is 2.84. The third-order valence-corrected chi connectivity index (χ3v) is 1.70. The van der Waals surface area contributed by atoms with Crippen LogP contribution >= 0.6 is 0 Å². The number of methoxy groups -OCH3 is 1. The molecular formula is C9H15NO4. The Morgan fingerprint density at radius 1 is 1.29 bits per heavy atom. The Morgan fingerprint density at radius 2 is 1.86 bits per heavy atom. The summed E-state index contributed by atoms with van der Waals surface area (Å²) >= 11 is 0. The maximum absolute atomic E-state index is 11.2. The van der Waals surface area contributed by atoms with E-state index in [9.17, 15) is 14.4 Å². The second kappa shape index (κ2) is 6.12. The van der Waals surface area contributed by atoms with Gasteiger partial charge in [-0.1, -0.05) is 0 Å². The molecule has 0 aromatic carbocycles. The highest BCUT2D eigenvalue weighted by atomic mass is 16.5. The molecule has 0 aliphatic carbocycles. The molecule has 5 heteroatoms. The van der Waals surface area contributed by atoms with Crippen molar-refractivity contribution in [3.63, 3.8) is 0 Å². The number of ketones is 1. The van der Waals surface area contributed by atoms with E-state index in [0.717, 1.165) is 0 Å². The zero-order valence-corrected chi connectivity index (χ0v) is 8.70. The van der Waals surface area contributed by atoms with Crippen LogP contribution in [0.15, 0.2) is 0 Å². The number of ether oxygens (including phenoxy) is 1. The quantitative estimate of drug-likeness (QED) is 0.463. The lowest BCUT2D eigenvalue weighted by Crippen LogP contribution is -2.30. The van der Waals surface area contributed by atoms with Crippen LogP contribution in [0.5, 0.6) is 0 Å². The number of amides is 1. The molecule has 0 atom stereocenters. The lowest BCUT2D eigenvalue weighted by Gasteiger charge is -2.15. The minimum absolute atomic E-state index is 0.113. The third kappa shape index (κ3) is 5.29. The van der Waals surface area contributed by atoms with Crippen LogP contribution in [0.1, 0.15) is 19.8 Å². The number of nitrogens with zero attached hydrogens (tertiary/aromatic N) is 1. The molecule has 0 rings (SSSR count). The molecule has 80 valence electrons. The number of carbonyl (C=O) groups excluding carboxylic acids is 3. The Balaban J connectivity index is 3.84. The minimum atomic E-state index is -0.368. The van der Waals surface area contributed by atoms with Crippen LogP contribution in [-0.2, 0) is 19.1 Å². The van der Waals surface area contributed by atoms with Crippen molar-refractivity contribution in [3.05, 3.63) is 0 Å². The molecule has 1 amide bonds. The highest BCUT2D eigenvalue weighted by Crippen LogP contribution is 1.95. The van der Waals surface area contributed by atoms with Gasteiger partial charge in [0, 0.05) is 13.6 Å². The van der Waals surface area contributed by atoms with Gasteiger partial charge in [0.1, 0.15) is 5.78 Å². The lowest BCUT2D eigenvalue weighted by molar-refractivity contribution is -0.141. The highest BCUT2D eigenvalue weighted by Gasteiger charge is 2.12. The van der Waals surface area contributed by atoms with Crippen LogP contribution < -0.4 is 0 Å². The molecule has 0 radical (unpaired) electrons. The van der Waals surface area contributed by atoms with Gasteiger partial charge in [-0.15, -0.1) is 0 Å². The average molecular weight is 201 g/mol. The van der Waals surface area contributed by atoms with E-state index in [2.05, 4.69) is 4.74 Å². The van der Waals surface area contributed by atoms with Crippen molar-refractivity contribution in [2.24, 2.45) is 0 Å². The molecule has 0 aromatic heterocycles. The van der Waals surface area contributed by atoms with Crippen molar-refractivity contribution in [2.45, 2.75) is 19.8 Å². The Bertz CT molecular complexity index is 237. The normalized spacial score (nSPS) is 9.36. The number of esters is 1. The summed E-state index contributed by atoms with van der Waals surface area (Å²) in [5, 5.41) is 0. The van der Waals surface area contributed by atoms with E-state index in [1.807, 2.05) is 0 Å². The SMILES string of the molecule is COC(=O)CCN(C)C(=O)CC(C)=O. The Kier molecular flexibility index (Phi) is 5.52. The Labute approximate surface area is 83.0 Å². The van der Waals surface area contributed by atoms with Crippen molar-refractivity contribution in [3.8, 4) is 0 Å². The topological polar surface area (TPSA) is 63.7 Å². The number of hydrogen-bond acceptors (Lipinski definition) is 4. The summed E-state index contributed by atoms with van der Waals surface area (Å²) in [6.45, 7) is 1.63. The summed E-state index contributed by atoms with van der Waals surface area (Å²) in [6, 6.07) is 0. The maximum Gasteiger partial charge on any atom is 0.307 e. The average Bonchev–Trinajstić information content (AvgIpc) is 2.12. The standard InChI is InChI=1S/C9H15NO4/c1-7(11)6-8(12)10(2)5-4-9(13)14-3/h4-6H2,1-3H3. The molecular weight excluding hydrogens is 186 g/mol. The molecule has 5 nitrogen and oxygen atoms in total. The van der Waals surface area contributed by atoms with Gasteiger partial charge in [0.25, 0.3) is 0 Å². The Hall–Kier alpha value is -1.39. The zero-order valence-electron chi connectivity index (χ0n) is 8.70. The predicted octanol–water partition coefficient (Wildman–Crippen LogP) is -0.0130. The van der Waals surface area contributed by atoms with Gasteiger partial charge in [-0.25, -0.2) is 0 Å². The molecule has 0 bridgehead atoms. The van der Waals surface area contributed by atoms with Gasteiger partial charge >= 0.3 is 5.97 Å². The largest absolute Gasteiger partial charge is 0.469 e. The van der Waals surface area contributed by atoms with Crippen LogP contribution in [0.4, 0.5) is 0 Å². The lowest BCUT2D eigenvalue weighted by atomic mass is 10.3. The number of Topliss-reactive ketones (excluding diaryl/α,β-unsaturated/α-hetero) is 1. The summed E-state index contributed by atoms with van der Waals surface area (Å²) in [5.74, 6) is -0.825. The zero-order chi connectivity index (χ0) is 11.1. The van der Waals surface area contributed by atoms with Crippen LogP contribution in [0.3, 0.4) is 0 Å². The molecule has 0 unspecified atom stereocenters. The first kappa shape index (κ1) is 12.6. The van der Waals surface area contributed by atoms with E-state index in [1.165, 1.54) is 18.9 Å². The fraction of sp³-hybridized carbons (Fsp3) is 0.667. The molecule has 0 heterocycles. The predicted molar refractivity (Wildman–Crippen MR) is 49.6 cm³/mol. The molecule has 0 aromatic rings. The second-order valence-electron chi connectivity index (χ2n) is 3.02. The summed E-state index contributed by atoms with van der Waals surface area (Å²) < 4.78 is 4.42. The highest BCUT2D eigenvalue weighted by molar-refractivity contribution is 5.96. The summed E-state index contributed by atoms with van der Waals surface area (Å²) in [5.41, 5.74) is 0. The fourth-order valence-corrected chi connectivity index (χ4v) is 0.834. The van der Waals surface area contributed by atoms with Gasteiger partial charge in [0.05, 0.1) is 20.0 Å². The van der Waals surface area contributed by atoms with Gasteiger partial charge in [0.15, 0.2) is 0 Å². The monoisotopic (exact) mass is 201 g/mol. The van der Waals surface area contributed by atoms with Crippen LogP contribution in [-0.4, -0.2) is 43.3 Å². The van der Waals surface area contributed by atoms with Crippen molar-refractivity contribution < 1.29 is 19.1 Å².